The second-order valence-electron chi connectivity index (χ2n) is 3.67. The fraction of sp³-hybridized carbons (Fsp3) is 0. The summed E-state index contributed by atoms with van der Waals surface area (Å²) >= 11 is 0. The molecule has 17 heavy (non-hydrogen) atoms. The van der Waals surface area contributed by atoms with Crippen molar-refractivity contribution in [3.63, 3.8) is 0 Å². The van der Waals surface area contributed by atoms with Crippen molar-refractivity contribution in [3.05, 3.63) is 30.3 Å². The van der Waals surface area contributed by atoms with Crippen LogP contribution in [-0.2, 0) is 0 Å². The van der Waals surface area contributed by atoms with Crippen LogP contribution >= 0.6 is 0 Å². The highest BCUT2D eigenvalue weighted by atomic mass is 16.3. The van der Waals surface area contributed by atoms with Crippen LogP contribution in [0.25, 0.3) is 11.1 Å². The molecule has 5 nitrogen and oxygen atoms in total. The highest BCUT2D eigenvalue weighted by molar-refractivity contribution is 5.84. The highest BCUT2D eigenvalue weighted by Crippen LogP contribution is 2.39. The first-order valence-corrected chi connectivity index (χ1v) is 4.90. The topological polar surface area (TPSA) is 113 Å². The summed E-state index contributed by atoms with van der Waals surface area (Å²) in [4.78, 5) is 0. The fourth-order valence-corrected chi connectivity index (χ4v) is 1.57. The van der Waals surface area contributed by atoms with Gasteiger partial charge in [-0.2, -0.15) is 0 Å². The van der Waals surface area contributed by atoms with Gasteiger partial charge in [0.1, 0.15) is 5.75 Å². The Morgan fingerprint density at radius 3 is 2.12 bits per heavy atom. The molecule has 0 bridgehead atoms. The summed E-state index contributed by atoms with van der Waals surface area (Å²) in [6.45, 7) is 0. The number of hydrogen-bond acceptors (Lipinski definition) is 5. The molecule has 0 unspecified atom stereocenters. The Morgan fingerprint density at radius 2 is 1.47 bits per heavy atom. The van der Waals surface area contributed by atoms with Gasteiger partial charge < -0.3 is 26.8 Å². The lowest BCUT2D eigenvalue weighted by Gasteiger charge is -2.10. The lowest BCUT2D eigenvalue weighted by molar-refractivity contribution is 0.406. The predicted molar refractivity (Wildman–Crippen MR) is 65.7 cm³/mol. The SMILES string of the molecule is Nc1cc(-c2ccc(O)c(O)c2N)ccc1O. The van der Waals surface area contributed by atoms with Gasteiger partial charge >= 0.3 is 0 Å². The molecule has 0 aliphatic carbocycles. The Bertz CT molecular complexity index is 582. The maximum Gasteiger partial charge on any atom is 0.181 e. The van der Waals surface area contributed by atoms with Crippen LogP contribution in [0.15, 0.2) is 30.3 Å². The summed E-state index contributed by atoms with van der Waals surface area (Å²) in [5.74, 6) is -0.664. The van der Waals surface area contributed by atoms with E-state index in [4.69, 9.17) is 11.5 Å². The van der Waals surface area contributed by atoms with Crippen molar-refractivity contribution in [1.82, 2.24) is 0 Å². The van der Waals surface area contributed by atoms with Crippen LogP contribution in [0.1, 0.15) is 0 Å². The summed E-state index contributed by atoms with van der Waals surface area (Å²) in [5.41, 5.74) is 12.7. The molecule has 0 aromatic heterocycles. The lowest BCUT2D eigenvalue weighted by Crippen LogP contribution is -1.92. The van der Waals surface area contributed by atoms with Crippen LogP contribution in [-0.4, -0.2) is 15.3 Å². The van der Waals surface area contributed by atoms with Crippen molar-refractivity contribution >= 4 is 11.4 Å². The summed E-state index contributed by atoms with van der Waals surface area (Å²) < 4.78 is 0. The lowest BCUT2D eigenvalue weighted by atomic mass is 10.0. The zero-order valence-electron chi connectivity index (χ0n) is 8.88. The molecule has 7 N–H and O–H groups in total. The molecular formula is C12H12N2O3. The number of nitrogen functional groups attached to an aromatic ring is 2. The van der Waals surface area contributed by atoms with Gasteiger partial charge in [-0.3, -0.25) is 0 Å². The second-order valence-corrected chi connectivity index (χ2v) is 3.67. The largest absolute Gasteiger partial charge is 0.506 e. The van der Waals surface area contributed by atoms with Crippen LogP contribution in [0.3, 0.4) is 0 Å². The minimum Gasteiger partial charge on any atom is -0.506 e. The maximum atomic E-state index is 9.52. The van der Waals surface area contributed by atoms with Crippen molar-refractivity contribution in [2.24, 2.45) is 0 Å². The van der Waals surface area contributed by atoms with Crippen molar-refractivity contribution in [2.45, 2.75) is 0 Å². The van der Waals surface area contributed by atoms with Crippen molar-refractivity contribution < 1.29 is 15.3 Å². The van der Waals surface area contributed by atoms with Crippen LogP contribution < -0.4 is 11.5 Å². The smallest absolute Gasteiger partial charge is 0.181 e. The molecule has 5 heteroatoms. The van der Waals surface area contributed by atoms with Gasteiger partial charge in [-0.05, 0) is 29.8 Å². The van der Waals surface area contributed by atoms with Gasteiger partial charge in [0, 0.05) is 5.56 Å². The molecule has 0 aliphatic rings. The second kappa shape index (κ2) is 3.79. The van der Waals surface area contributed by atoms with Gasteiger partial charge in [-0.1, -0.05) is 6.07 Å². The van der Waals surface area contributed by atoms with E-state index in [9.17, 15) is 15.3 Å². The molecule has 88 valence electrons. The van der Waals surface area contributed by atoms with E-state index in [1.54, 1.807) is 12.1 Å². The number of phenolic OH excluding ortho intramolecular Hbond substituents is 3. The molecule has 0 fully saturated rings. The molecular weight excluding hydrogens is 220 g/mol. The number of benzene rings is 2. The first kappa shape index (κ1) is 10.9. The number of anilines is 2. The zero-order chi connectivity index (χ0) is 12.6. The highest BCUT2D eigenvalue weighted by Gasteiger charge is 2.11. The van der Waals surface area contributed by atoms with Crippen LogP contribution in [0, 0.1) is 0 Å². The quantitative estimate of drug-likeness (QED) is 0.379. The molecule has 0 saturated heterocycles. The summed E-state index contributed by atoms with van der Waals surface area (Å²) in [7, 11) is 0. The van der Waals surface area contributed by atoms with E-state index in [1.165, 1.54) is 18.2 Å². The minimum absolute atomic E-state index is 0.0182. The molecule has 0 amide bonds. The molecule has 2 aromatic carbocycles. The standard InChI is InChI=1S/C12H12N2O3/c13-8-5-6(1-3-9(8)15)7-2-4-10(16)12(17)11(7)14/h1-5,15-17H,13-14H2. The van der Waals surface area contributed by atoms with Crippen LogP contribution in [0.2, 0.25) is 0 Å². The average molecular weight is 232 g/mol. The number of phenols is 3. The number of hydrogen-bond donors (Lipinski definition) is 5. The van der Waals surface area contributed by atoms with E-state index < -0.39 is 0 Å². The third-order valence-electron chi connectivity index (χ3n) is 2.53. The molecule has 0 radical (unpaired) electrons. The third-order valence-corrected chi connectivity index (χ3v) is 2.53. The normalized spacial score (nSPS) is 10.4. The van der Waals surface area contributed by atoms with Crippen LogP contribution in [0.4, 0.5) is 11.4 Å². The molecule has 0 aliphatic heterocycles. The van der Waals surface area contributed by atoms with Gasteiger partial charge in [0.2, 0.25) is 0 Å². The Hall–Kier alpha value is -2.56. The number of rotatable bonds is 1. The van der Waals surface area contributed by atoms with E-state index >= 15 is 0 Å². The first-order valence-electron chi connectivity index (χ1n) is 4.90. The van der Waals surface area contributed by atoms with Crippen molar-refractivity contribution in [3.8, 4) is 28.4 Å². The number of aromatic hydroxyl groups is 3. The summed E-state index contributed by atoms with van der Waals surface area (Å²) in [5, 5.41) is 28.1. The molecule has 0 saturated carbocycles. The van der Waals surface area contributed by atoms with Gasteiger partial charge in [0.05, 0.1) is 11.4 Å². The van der Waals surface area contributed by atoms with Gasteiger partial charge in [-0.25, -0.2) is 0 Å². The average Bonchev–Trinajstić information content (AvgIpc) is 2.30. The van der Waals surface area contributed by atoms with Gasteiger partial charge in [0.25, 0.3) is 0 Å². The first-order chi connectivity index (χ1) is 8.00. The zero-order valence-corrected chi connectivity index (χ0v) is 8.88. The fourth-order valence-electron chi connectivity index (χ4n) is 1.57. The minimum atomic E-state index is -0.367. The van der Waals surface area contributed by atoms with E-state index in [2.05, 4.69) is 0 Å². The number of nitrogens with two attached hydrogens (primary N) is 2. The monoisotopic (exact) mass is 232 g/mol. The molecule has 2 rings (SSSR count). The Balaban J connectivity index is 2.61. The van der Waals surface area contributed by atoms with E-state index in [1.807, 2.05) is 0 Å². The summed E-state index contributed by atoms with van der Waals surface area (Å²) in [6, 6.07) is 7.50. The molecule has 0 atom stereocenters. The van der Waals surface area contributed by atoms with Gasteiger partial charge in [0.15, 0.2) is 11.5 Å². The Morgan fingerprint density at radius 1 is 0.824 bits per heavy atom. The molecule has 0 spiro atoms. The van der Waals surface area contributed by atoms with Gasteiger partial charge in [-0.15, -0.1) is 0 Å². The predicted octanol–water partition coefficient (Wildman–Crippen LogP) is 1.63. The van der Waals surface area contributed by atoms with Crippen LogP contribution in [0.5, 0.6) is 17.2 Å². The van der Waals surface area contributed by atoms with Crippen molar-refractivity contribution in [2.75, 3.05) is 11.5 Å². The Labute approximate surface area is 97.6 Å². The molecule has 2 aromatic rings. The Kier molecular flexibility index (Phi) is 2.44. The van der Waals surface area contributed by atoms with Crippen molar-refractivity contribution in [1.29, 1.82) is 0 Å². The van der Waals surface area contributed by atoms with E-state index in [-0.39, 0.29) is 28.6 Å². The van der Waals surface area contributed by atoms with E-state index in [0.717, 1.165) is 0 Å². The van der Waals surface area contributed by atoms with E-state index in [0.29, 0.717) is 11.1 Å². The third kappa shape index (κ3) is 1.78. The molecule has 0 heterocycles. The summed E-state index contributed by atoms with van der Waals surface area (Å²) in [6.07, 6.45) is 0. The maximum absolute atomic E-state index is 9.52.